The fraction of sp³-hybridized carbons (Fsp3) is 0.571. The number of hydrogen-bond acceptors (Lipinski definition) is 5. The SMILES string of the molecule is CC(=O)N1CCc2nc([C@H]3CCCN(C(=O)[C@H](C)Cn4cccn4)C3)ncc2C1. The number of likely N-dealkylation sites (tertiary alicyclic amines) is 1. The molecule has 8 heteroatoms. The van der Waals surface area contributed by atoms with Gasteiger partial charge in [0.1, 0.15) is 5.82 Å². The van der Waals surface area contributed by atoms with Crippen LogP contribution in [-0.2, 0) is 29.1 Å². The van der Waals surface area contributed by atoms with Gasteiger partial charge in [0.25, 0.3) is 0 Å². The lowest BCUT2D eigenvalue weighted by molar-refractivity contribution is -0.136. The predicted octanol–water partition coefficient (Wildman–Crippen LogP) is 1.62. The first kappa shape index (κ1) is 19.5. The first-order valence-electron chi connectivity index (χ1n) is 10.4. The molecule has 4 heterocycles. The second-order valence-electron chi connectivity index (χ2n) is 8.14. The first-order chi connectivity index (χ1) is 14.0. The zero-order valence-corrected chi connectivity index (χ0v) is 17.1. The van der Waals surface area contributed by atoms with Crippen molar-refractivity contribution in [2.24, 2.45) is 5.92 Å². The molecule has 4 rings (SSSR count). The Kier molecular flexibility index (Phi) is 5.60. The number of carbonyl (C=O) groups is 2. The normalized spacial score (nSPS) is 20.3. The molecule has 0 saturated carbocycles. The largest absolute Gasteiger partial charge is 0.342 e. The van der Waals surface area contributed by atoms with E-state index in [1.165, 1.54) is 0 Å². The molecule has 2 aromatic rings. The third kappa shape index (κ3) is 4.31. The van der Waals surface area contributed by atoms with Crippen LogP contribution in [0.4, 0.5) is 0 Å². The Morgan fingerprint density at radius 2 is 2.14 bits per heavy atom. The van der Waals surface area contributed by atoms with Gasteiger partial charge in [0, 0.05) is 69.6 Å². The molecule has 2 atom stereocenters. The van der Waals surface area contributed by atoms with Crippen LogP contribution in [0.3, 0.4) is 0 Å². The van der Waals surface area contributed by atoms with E-state index in [1.807, 2.05) is 35.2 Å². The standard InChI is InChI=1S/C21H28N6O2/c1-15(12-27-9-4-7-23-27)21(29)26-8-3-5-17(13-26)20-22-11-18-14-25(16(2)28)10-6-19(18)24-20/h4,7,9,11,15,17H,3,5-6,8,10,12-14H2,1-2H3/t15-,17+/m1/s1. The maximum absolute atomic E-state index is 12.9. The van der Waals surface area contributed by atoms with Crippen molar-refractivity contribution in [3.63, 3.8) is 0 Å². The molecule has 2 amide bonds. The minimum atomic E-state index is -0.115. The molecule has 0 N–H and O–H groups in total. The smallest absolute Gasteiger partial charge is 0.227 e. The molecule has 0 spiro atoms. The summed E-state index contributed by atoms with van der Waals surface area (Å²) in [5.41, 5.74) is 2.08. The van der Waals surface area contributed by atoms with Crippen LogP contribution in [0.2, 0.25) is 0 Å². The third-order valence-corrected chi connectivity index (χ3v) is 5.94. The van der Waals surface area contributed by atoms with Crippen molar-refractivity contribution in [2.45, 2.75) is 52.1 Å². The van der Waals surface area contributed by atoms with Gasteiger partial charge in [-0.25, -0.2) is 9.97 Å². The topological polar surface area (TPSA) is 84.2 Å². The number of aromatic nitrogens is 4. The summed E-state index contributed by atoms with van der Waals surface area (Å²) in [4.78, 5) is 37.8. The average Bonchev–Trinajstić information content (AvgIpc) is 3.25. The summed E-state index contributed by atoms with van der Waals surface area (Å²) in [5, 5.41) is 4.20. The molecule has 0 aliphatic carbocycles. The van der Waals surface area contributed by atoms with Crippen molar-refractivity contribution < 1.29 is 9.59 Å². The third-order valence-electron chi connectivity index (χ3n) is 5.94. The minimum Gasteiger partial charge on any atom is -0.342 e. The molecule has 0 unspecified atom stereocenters. The summed E-state index contributed by atoms with van der Waals surface area (Å²) in [6.45, 7) is 6.90. The van der Waals surface area contributed by atoms with Crippen molar-refractivity contribution in [1.82, 2.24) is 29.5 Å². The van der Waals surface area contributed by atoms with E-state index in [0.29, 0.717) is 26.2 Å². The Morgan fingerprint density at radius 3 is 2.90 bits per heavy atom. The minimum absolute atomic E-state index is 0.0883. The zero-order valence-electron chi connectivity index (χ0n) is 17.1. The highest BCUT2D eigenvalue weighted by Gasteiger charge is 2.30. The van der Waals surface area contributed by atoms with Crippen LogP contribution in [-0.4, -0.2) is 61.0 Å². The van der Waals surface area contributed by atoms with Gasteiger partial charge < -0.3 is 9.80 Å². The van der Waals surface area contributed by atoms with Crippen molar-refractivity contribution in [3.8, 4) is 0 Å². The Hall–Kier alpha value is -2.77. The number of fused-ring (bicyclic) bond motifs is 1. The first-order valence-corrected chi connectivity index (χ1v) is 10.4. The van der Waals surface area contributed by atoms with Gasteiger partial charge in [0.2, 0.25) is 11.8 Å². The zero-order chi connectivity index (χ0) is 20.4. The van der Waals surface area contributed by atoms with Gasteiger partial charge in [-0.2, -0.15) is 5.10 Å². The van der Waals surface area contributed by atoms with Gasteiger partial charge in [-0.15, -0.1) is 0 Å². The Balaban J connectivity index is 1.42. The molecule has 1 saturated heterocycles. The van der Waals surface area contributed by atoms with Crippen LogP contribution < -0.4 is 0 Å². The highest BCUT2D eigenvalue weighted by atomic mass is 16.2. The monoisotopic (exact) mass is 396 g/mol. The van der Waals surface area contributed by atoms with Gasteiger partial charge in [-0.05, 0) is 18.9 Å². The van der Waals surface area contributed by atoms with E-state index in [2.05, 4.69) is 10.1 Å². The van der Waals surface area contributed by atoms with E-state index >= 15 is 0 Å². The molecule has 2 aliphatic rings. The Labute approximate surface area is 170 Å². The lowest BCUT2D eigenvalue weighted by Crippen LogP contribution is -2.43. The highest BCUT2D eigenvalue weighted by molar-refractivity contribution is 5.78. The lowest BCUT2D eigenvalue weighted by atomic mass is 9.95. The molecule has 0 bridgehead atoms. The summed E-state index contributed by atoms with van der Waals surface area (Å²) >= 11 is 0. The van der Waals surface area contributed by atoms with Crippen molar-refractivity contribution in [1.29, 1.82) is 0 Å². The van der Waals surface area contributed by atoms with E-state index in [9.17, 15) is 9.59 Å². The number of carbonyl (C=O) groups excluding carboxylic acids is 2. The molecule has 1 fully saturated rings. The van der Waals surface area contributed by atoms with E-state index in [1.54, 1.807) is 17.8 Å². The predicted molar refractivity (Wildman–Crippen MR) is 107 cm³/mol. The second kappa shape index (κ2) is 8.31. The number of nitrogens with zero attached hydrogens (tertiary/aromatic N) is 6. The lowest BCUT2D eigenvalue weighted by Gasteiger charge is -2.34. The van der Waals surface area contributed by atoms with E-state index in [-0.39, 0.29) is 23.7 Å². The fourth-order valence-corrected chi connectivity index (χ4v) is 4.26. The molecule has 0 radical (unpaired) electrons. The molecule has 8 nitrogen and oxygen atoms in total. The van der Waals surface area contributed by atoms with Gasteiger partial charge >= 0.3 is 0 Å². The number of rotatable bonds is 4. The molecule has 2 aliphatic heterocycles. The molecule has 0 aromatic carbocycles. The number of piperidine rings is 1. The maximum atomic E-state index is 12.9. The summed E-state index contributed by atoms with van der Waals surface area (Å²) < 4.78 is 1.81. The van der Waals surface area contributed by atoms with Gasteiger partial charge in [-0.3, -0.25) is 14.3 Å². The number of amides is 2. The molecule has 2 aromatic heterocycles. The maximum Gasteiger partial charge on any atom is 0.227 e. The van der Waals surface area contributed by atoms with Gasteiger partial charge in [-0.1, -0.05) is 6.92 Å². The Bertz CT molecular complexity index is 881. The molecule has 154 valence electrons. The molecule has 29 heavy (non-hydrogen) atoms. The van der Waals surface area contributed by atoms with Crippen molar-refractivity contribution in [2.75, 3.05) is 19.6 Å². The summed E-state index contributed by atoms with van der Waals surface area (Å²) in [6.07, 6.45) is 8.21. The van der Waals surface area contributed by atoms with E-state index < -0.39 is 0 Å². The van der Waals surface area contributed by atoms with Crippen LogP contribution in [0.15, 0.2) is 24.7 Å². The fourth-order valence-electron chi connectivity index (χ4n) is 4.26. The summed E-state index contributed by atoms with van der Waals surface area (Å²) in [5.74, 6) is 1.14. The quantitative estimate of drug-likeness (QED) is 0.784. The van der Waals surface area contributed by atoms with E-state index in [0.717, 1.165) is 42.9 Å². The second-order valence-corrected chi connectivity index (χ2v) is 8.14. The Morgan fingerprint density at radius 1 is 1.28 bits per heavy atom. The van der Waals surface area contributed by atoms with Crippen molar-refractivity contribution in [3.05, 3.63) is 41.7 Å². The van der Waals surface area contributed by atoms with Crippen LogP contribution in [0, 0.1) is 5.92 Å². The van der Waals surface area contributed by atoms with Gasteiger partial charge in [0.15, 0.2) is 0 Å². The van der Waals surface area contributed by atoms with Crippen LogP contribution >= 0.6 is 0 Å². The molecular weight excluding hydrogens is 368 g/mol. The summed E-state index contributed by atoms with van der Waals surface area (Å²) in [7, 11) is 0. The van der Waals surface area contributed by atoms with Crippen LogP contribution in [0.5, 0.6) is 0 Å². The highest BCUT2D eigenvalue weighted by Crippen LogP contribution is 2.27. The van der Waals surface area contributed by atoms with Crippen LogP contribution in [0.25, 0.3) is 0 Å². The molecular formula is C21H28N6O2. The van der Waals surface area contributed by atoms with Gasteiger partial charge in [0.05, 0.1) is 18.2 Å². The summed E-state index contributed by atoms with van der Waals surface area (Å²) in [6, 6.07) is 1.87. The average molecular weight is 396 g/mol. The number of hydrogen-bond donors (Lipinski definition) is 0. The van der Waals surface area contributed by atoms with E-state index in [4.69, 9.17) is 4.98 Å². The van der Waals surface area contributed by atoms with Crippen LogP contribution in [0.1, 0.15) is 49.7 Å². The van der Waals surface area contributed by atoms with Crippen molar-refractivity contribution >= 4 is 11.8 Å².